The lowest BCUT2D eigenvalue weighted by molar-refractivity contribution is -0.138. The Morgan fingerprint density at radius 2 is 1.76 bits per heavy atom. The quantitative estimate of drug-likeness (QED) is 0.860. The number of nitrogens with zero attached hydrogens (tertiary/aromatic N) is 2. The molecule has 6 nitrogen and oxygen atoms in total. The Labute approximate surface area is 126 Å². The number of carboxylic acids is 1. The number of rotatable bonds is 3. The van der Waals surface area contributed by atoms with Crippen molar-refractivity contribution in [1.29, 1.82) is 0 Å². The van der Waals surface area contributed by atoms with Gasteiger partial charge in [-0.1, -0.05) is 6.92 Å². The first-order chi connectivity index (χ1) is 10.0. The third-order valence-corrected chi connectivity index (χ3v) is 4.81. The van der Waals surface area contributed by atoms with E-state index in [0.29, 0.717) is 25.6 Å². The van der Waals surface area contributed by atoms with E-state index in [1.54, 1.807) is 7.11 Å². The Morgan fingerprint density at radius 3 is 2.33 bits per heavy atom. The maximum Gasteiger partial charge on any atom is 0.320 e. The maximum atomic E-state index is 12.5. The van der Waals surface area contributed by atoms with Gasteiger partial charge in [-0.2, -0.15) is 0 Å². The fraction of sp³-hybridized carbons (Fsp3) is 0.867. The van der Waals surface area contributed by atoms with Gasteiger partial charge < -0.3 is 19.6 Å². The molecule has 2 aliphatic heterocycles. The van der Waals surface area contributed by atoms with E-state index in [2.05, 4.69) is 6.92 Å². The summed E-state index contributed by atoms with van der Waals surface area (Å²) in [6, 6.07) is 0.0812. The van der Waals surface area contributed by atoms with Gasteiger partial charge in [0.15, 0.2) is 0 Å². The summed E-state index contributed by atoms with van der Waals surface area (Å²) in [5.41, 5.74) is 0. The Kier molecular flexibility index (Phi) is 5.45. The van der Waals surface area contributed by atoms with Crippen LogP contribution in [0.15, 0.2) is 0 Å². The molecule has 0 aromatic rings. The van der Waals surface area contributed by atoms with Crippen LogP contribution in [0.2, 0.25) is 0 Å². The van der Waals surface area contributed by atoms with Crippen LogP contribution in [-0.4, -0.2) is 66.3 Å². The molecule has 1 N–H and O–H groups in total. The number of piperidine rings is 2. The average molecular weight is 298 g/mol. The zero-order valence-electron chi connectivity index (χ0n) is 13.0. The Hall–Kier alpha value is -1.30. The van der Waals surface area contributed by atoms with Gasteiger partial charge in [-0.15, -0.1) is 0 Å². The number of hydrogen-bond donors (Lipinski definition) is 1. The van der Waals surface area contributed by atoms with E-state index in [1.165, 1.54) is 0 Å². The van der Waals surface area contributed by atoms with E-state index in [0.717, 1.165) is 25.8 Å². The first-order valence-electron chi connectivity index (χ1n) is 7.79. The molecule has 0 radical (unpaired) electrons. The van der Waals surface area contributed by atoms with Crippen LogP contribution in [0.4, 0.5) is 4.79 Å². The summed E-state index contributed by atoms with van der Waals surface area (Å²) in [5.74, 6) is -0.0484. The minimum Gasteiger partial charge on any atom is -0.481 e. The molecule has 0 saturated carbocycles. The number of ether oxygens (including phenoxy) is 1. The lowest BCUT2D eigenvalue weighted by Crippen LogP contribution is -2.53. The molecule has 2 aliphatic rings. The van der Waals surface area contributed by atoms with Crippen molar-refractivity contribution in [1.82, 2.24) is 9.80 Å². The highest BCUT2D eigenvalue weighted by Crippen LogP contribution is 2.24. The van der Waals surface area contributed by atoms with Crippen molar-refractivity contribution in [3.8, 4) is 0 Å². The highest BCUT2D eigenvalue weighted by Gasteiger charge is 2.32. The number of amides is 2. The number of carbonyl (C=O) groups is 2. The number of urea groups is 1. The fourth-order valence-electron chi connectivity index (χ4n) is 3.29. The van der Waals surface area contributed by atoms with Crippen molar-refractivity contribution in [2.24, 2.45) is 11.8 Å². The van der Waals surface area contributed by atoms with Gasteiger partial charge in [-0.3, -0.25) is 4.79 Å². The molecule has 0 aliphatic carbocycles. The summed E-state index contributed by atoms with van der Waals surface area (Å²) < 4.78 is 5.45. The molecule has 0 aromatic heterocycles. The highest BCUT2D eigenvalue weighted by molar-refractivity contribution is 5.74. The van der Waals surface area contributed by atoms with Crippen LogP contribution < -0.4 is 0 Å². The van der Waals surface area contributed by atoms with E-state index in [9.17, 15) is 9.59 Å². The fourth-order valence-corrected chi connectivity index (χ4v) is 3.29. The summed E-state index contributed by atoms with van der Waals surface area (Å²) in [5, 5.41) is 8.82. The first kappa shape index (κ1) is 16.1. The van der Waals surface area contributed by atoms with Crippen LogP contribution in [0, 0.1) is 11.8 Å². The number of hydrogen-bond acceptors (Lipinski definition) is 3. The second-order valence-electron chi connectivity index (χ2n) is 6.30. The van der Waals surface area contributed by atoms with Gasteiger partial charge in [0.2, 0.25) is 0 Å². The molecule has 21 heavy (non-hydrogen) atoms. The molecule has 0 aromatic carbocycles. The Bertz CT molecular complexity index is 380. The van der Waals surface area contributed by atoms with Crippen molar-refractivity contribution in [2.75, 3.05) is 33.3 Å². The van der Waals surface area contributed by atoms with Gasteiger partial charge >= 0.3 is 12.0 Å². The van der Waals surface area contributed by atoms with Crippen LogP contribution >= 0.6 is 0 Å². The summed E-state index contributed by atoms with van der Waals surface area (Å²) in [6.07, 6.45) is 2.88. The molecule has 0 bridgehead atoms. The predicted molar refractivity (Wildman–Crippen MR) is 78.1 cm³/mol. The molecule has 2 unspecified atom stereocenters. The van der Waals surface area contributed by atoms with Crippen LogP contribution in [0.25, 0.3) is 0 Å². The van der Waals surface area contributed by atoms with E-state index in [4.69, 9.17) is 9.84 Å². The van der Waals surface area contributed by atoms with Gasteiger partial charge in [-0.25, -0.2) is 4.79 Å². The van der Waals surface area contributed by atoms with Crippen molar-refractivity contribution in [2.45, 2.75) is 38.7 Å². The maximum absolute atomic E-state index is 12.5. The standard InChI is InChI=1S/C15H26N2O4/c1-11-3-6-17(10-13(11)21-2)15(20)16-7-4-12(5-8-16)9-14(18)19/h11-13H,3-10H2,1-2H3,(H,18,19). The topological polar surface area (TPSA) is 70.1 Å². The zero-order valence-corrected chi connectivity index (χ0v) is 13.0. The number of methoxy groups -OCH3 is 1. The number of carbonyl (C=O) groups excluding carboxylic acids is 1. The van der Waals surface area contributed by atoms with E-state index < -0.39 is 5.97 Å². The molecule has 2 atom stereocenters. The molecular weight excluding hydrogens is 272 g/mol. The van der Waals surface area contributed by atoms with Crippen LogP contribution in [0.3, 0.4) is 0 Å². The van der Waals surface area contributed by atoms with E-state index in [-0.39, 0.29) is 24.5 Å². The van der Waals surface area contributed by atoms with Crippen molar-refractivity contribution in [3.05, 3.63) is 0 Å². The normalized spacial score (nSPS) is 27.7. The number of likely N-dealkylation sites (tertiary alicyclic amines) is 2. The summed E-state index contributed by atoms with van der Waals surface area (Å²) in [6.45, 7) is 4.94. The summed E-state index contributed by atoms with van der Waals surface area (Å²) in [7, 11) is 1.70. The average Bonchev–Trinajstić information content (AvgIpc) is 2.47. The molecule has 2 rings (SSSR count). The van der Waals surface area contributed by atoms with Crippen LogP contribution in [0.5, 0.6) is 0 Å². The van der Waals surface area contributed by atoms with Gasteiger partial charge in [0.05, 0.1) is 6.10 Å². The van der Waals surface area contributed by atoms with Gasteiger partial charge in [-0.05, 0) is 31.1 Å². The van der Waals surface area contributed by atoms with Gasteiger partial charge in [0.25, 0.3) is 0 Å². The van der Waals surface area contributed by atoms with Gasteiger partial charge in [0.1, 0.15) is 0 Å². The largest absolute Gasteiger partial charge is 0.481 e. The number of aliphatic carboxylic acids is 1. The molecule has 0 spiro atoms. The Morgan fingerprint density at radius 1 is 1.14 bits per heavy atom. The van der Waals surface area contributed by atoms with Crippen LogP contribution in [0.1, 0.15) is 32.6 Å². The van der Waals surface area contributed by atoms with Crippen molar-refractivity contribution in [3.63, 3.8) is 0 Å². The van der Waals surface area contributed by atoms with Gasteiger partial charge in [0, 0.05) is 39.7 Å². The monoisotopic (exact) mass is 298 g/mol. The molecule has 2 heterocycles. The lowest BCUT2D eigenvalue weighted by atomic mass is 9.93. The molecule has 2 saturated heterocycles. The van der Waals surface area contributed by atoms with Crippen LogP contribution in [-0.2, 0) is 9.53 Å². The second-order valence-corrected chi connectivity index (χ2v) is 6.30. The summed E-state index contributed by atoms with van der Waals surface area (Å²) >= 11 is 0. The summed E-state index contributed by atoms with van der Waals surface area (Å²) in [4.78, 5) is 27.0. The molecular formula is C15H26N2O4. The zero-order chi connectivity index (χ0) is 15.4. The second kappa shape index (κ2) is 7.11. The molecule has 120 valence electrons. The minimum absolute atomic E-state index is 0.0812. The molecule has 2 amide bonds. The lowest BCUT2D eigenvalue weighted by Gasteiger charge is -2.40. The predicted octanol–water partition coefficient (Wildman–Crippen LogP) is 1.65. The highest BCUT2D eigenvalue weighted by atomic mass is 16.5. The molecule has 2 fully saturated rings. The van der Waals surface area contributed by atoms with Crippen molar-refractivity contribution < 1.29 is 19.4 Å². The van der Waals surface area contributed by atoms with Crippen molar-refractivity contribution >= 4 is 12.0 Å². The van der Waals surface area contributed by atoms with E-state index in [1.807, 2.05) is 9.80 Å². The van der Waals surface area contributed by atoms with E-state index >= 15 is 0 Å². The third-order valence-electron chi connectivity index (χ3n) is 4.81. The minimum atomic E-state index is -0.743. The number of carboxylic acid groups (broad SMARTS) is 1. The Balaban J connectivity index is 1.83. The molecule has 6 heteroatoms. The SMILES string of the molecule is COC1CN(C(=O)N2CCC(CC(=O)O)CC2)CCC1C. The smallest absolute Gasteiger partial charge is 0.320 e. The first-order valence-corrected chi connectivity index (χ1v) is 7.79. The third kappa shape index (κ3) is 4.09.